The first-order valence-corrected chi connectivity index (χ1v) is 7.16. The Kier molecular flexibility index (Phi) is 4.72. The number of hydrogen-bond donors (Lipinski definition) is 2. The van der Waals surface area contributed by atoms with E-state index in [9.17, 15) is 9.90 Å². The van der Waals surface area contributed by atoms with Gasteiger partial charge in [0.15, 0.2) is 11.5 Å². The van der Waals surface area contributed by atoms with E-state index in [0.717, 1.165) is 11.3 Å². The van der Waals surface area contributed by atoms with Gasteiger partial charge in [-0.15, -0.1) is 11.3 Å². The molecular weight excluding hydrogens is 316 g/mol. The molecule has 7 heteroatoms. The maximum absolute atomic E-state index is 11.1. The van der Waals surface area contributed by atoms with Crippen LogP contribution in [-0.2, 0) is 0 Å². The summed E-state index contributed by atoms with van der Waals surface area (Å²) < 4.78 is 10.3. The third kappa shape index (κ3) is 2.83. The Morgan fingerprint density at radius 2 is 2.00 bits per heavy atom. The lowest BCUT2D eigenvalue weighted by atomic mass is 10.0. The Morgan fingerprint density at radius 3 is 2.57 bits per heavy atom. The first-order valence-electron chi connectivity index (χ1n) is 5.90. The molecule has 2 N–H and O–H groups in total. The Morgan fingerprint density at radius 1 is 1.29 bits per heavy atom. The summed E-state index contributed by atoms with van der Waals surface area (Å²) in [6, 6.07) is 4.64. The summed E-state index contributed by atoms with van der Waals surface area (Å²) in [6.07, 6.45) is -1.15. The van der Waals surface area contributed by atoms with Crippen LogP contribution >= 0.6 is 22.9 Å². The summed E-state index contributed by atoms with van der Waals surface area (Å²) in [5.74, 6) is -0.367. The number of rotatable bonds is 5. The van der Waals surface area contributed by atoms with E-state index in [1.807, 2.05) is 0 Å². The predicted octanol–water partition coefficient (Wildman–Crippen LogP) is 3.20. The van der Waals surface area contributed by atoms with Gasteiger partial charge in [0, 0.05) is 5.56 Å². The van der Waals surface area contributed by atoms with Crippen LogP contribution in [0.15, 0.2) is 23.6 Å². The Labute approximate surface area is 130 Å². The van der Waals surface area contributed by atoms with Crippen molar-refractivity contribution in [2.75, 3.05) is 14.2 Å². The molecule has 0 aliphatic heterocycles. The zero-order valence-corrected chi connectivity index (χ0v) is 12.9. The van der Waals surface area contributed by atoms with E-state index in [0.29, 0.717) is 21.9 Å². The standard InChI is InChI=1S/C14H13ClO5S/c1-19-9-4-3-7(10(15)12(9)20-2)11(16)13-8(14(17)18)5-6-21-13/h3-6,11,16H,1-2H3,(H,17,18). The predicted molar refractivity (Wildman–Crippen MR) is 79.9 cm³/mol. The van der Waals surface area contributed by atoms with Crippen molar-refractivity contribution in [2.24, 2.45) is 0 Å². The molecule has 1 aromatic heterocycles. The molecule has 21 heavy (non-hydrogen) atoms. The monoisotopic (exact) mass is 328 g/mol. The zero-order chi connectivity index (χ0) is 15.6. The fraction of sp³-hybridized carbons (Fsp3) is 0.214. The second kappa shape index (κ2) is 6.34. The van der Waals surface area contributed by atoms with Gasteiger partial charge in [-0.05, 0) is 17.5 Å². The molecule has 112 valence electrons. The van der Waals surface area contributed by atoms with Gasteiger partial charge in [0.05, 0.1) is 29.7 Å². The number of carboxylic acid groups (broad SMARTS) is 1. The average Bonchev–Trinajstić information content (AvgIpc) is 2.95. The molecule has 0 fully saturated rings. The molecule has 5 nitrogen and oxygen atoms in total. The van der Waals surface area contributed by atoms with Crippen LogP contribution < -0.4 is 9.47 Å². The number of hydrogen-bond acceptors (Lipinski definition) is 5. The van der Waals surface area contributed by atoms with E-state index in [-0.39, 0.29) is 10.6 Å². The molecule has 0 amide bonds. The van der Waals surface area contributed by atoms with Crippen LogP contribution in [0.5, 0.6) is 11.5 Å². The summed E-state index contributed by atoms with van der Waals surface area (Å²) in [4.78, 5) is 11.5. The zero-order valence-electron chi connectivity index (χ0n) is 11.3. The number of methoxy groups -OCH3 is 2. The van der Waals surface area contributed by atoms with E-state index < -0.39 is 12.1 Å². The smallest absolute Gasteiger partial charge is 0.336 e. The number of ether oxygens (including phenoxy) is 2. The molecule has 0 bridgehead atoms. The van der Waals surface area contributed by atoms with Crippen molar-refractivity contribution in [3.05, 3.63) is 44.6 Å². The number of aliphatic hydroxyl groups is 1. The number of aliphatic hydroxyl groups excluding tert-OH is 1. The van der Waals surface area contributed by atoms with Crippen LogP contribution in [0.2, 0.25) is 5.02 Å². The van der Waals surface area contributed by atoms with Crippen molar-refractivity contribution >= 4 is 28.9 Å². The van der Waals surface area contributed by atoms with Gasteiger partial charge in [-0.2, -0.15) is 0 Å². The van der Waals surface area contributed by atoms with Crippen molar-refractivity contribution in [3.63, 3.8) is 0 Å². The van der Waals surface area contributed by atoms with Gasteiger partial charge in [0.1, 0.15) is 6.10 Å². The van der Waals surface area contributed by atoms with E-state index >= 15 is 0 Å². The first-order chi connectivity index (χ1) is 10.0. The van der Waals surface area contributed by atoms with Gasteiger partial charge in [0.2, 0.25) is 0 Å². The molecule has 2 rings (SSSR count). The van der Waals surface area contributed by atoms with Gasteiger partial charge in [-0.3, -0.25) is 0 Å². The van der Waals surface area contributed by atoms with Crippen LogP contribution in [0.25, 0.3) is 0 Å². The van der Waals surface area contributed by atoms with E-state index in [4.69, 9.17) is 26.2 Å². The number of thiophene rings is 1. The van der Waals surface area contributed by atoms with Crippen molar-refractivity contribution in [1.82, 2.24) is 0 Å². The van der Waals surface area contributed by atoms with Gasteiger partial charge < -0.3 is 19.7 Å². The summed E-state index contributed by atoms with van der Waals surface area (Å²) in [5.41, 5.74) is 0.414. The molecule has 1 atom stereocenters. The van der Waals surface area contributed by atoms with Crippen molar-refractivity contribution in [1.29, 1.82) is 0 Å². The maximum atomic E-state index is 11.1. The van der Waals surface area contributed by atoms with Crippen LogP contribution in [-0.4, -0.2) is 30.4 Å². The number of benzene rings is 1. The minimum Gasteiger partial charge on any atom is -0.493 e. The molecule has 1 aromatic carbocycles. The van der Waals surface area contributed by atoms with Crippen molar-refractivity contribution in [2.45, 2.75) is 6.10 Å². The van der Waals surface area contributed by atoms with Gasteiger partial charge in [0.25, 0.3) is 0 Å². The van der Waals surface area contributed by atoms with Crippen LogP contribution in [0.4, 0.5) is 0 Å². The molecule has 2 aromatic rings. The molecular formula is C14H13ClO5S. The minimum atomic E-state index is -1.15. The topological polar surface area (TPSA) is 76.0 Å². The lowest BCUT2D eigenvalue weighted by Crippen LogP contribution is -2.06. The summed E-state index contributed by atoms with van der Waals surface area (Å²) in [6.45, 7) is 0. The fourth-order valence-electron chi connectivity index (χ4n) is 1.97. The van der Waals surface area contributed by atoms with Crippen molar-refractivity contribution < 1.29 is 24.5 Å². The third-order valence-corrected chi connectivity index (χ3v) is 4.34. The molecule has 1 heterocycles. The number of carbonyl (C=O) groups is 1. The Balaban J connectivity index is 2.51. The number of halogens is 1. The average molecular weight is 329 g/mol. The minimum absolute atomic E-state index is 0.0540. The van der Waals surface area contributed by atoms with Gasteiger partial charge in [-0.1, -0.05) is 17.7 Å². The lowest BCUT2D eigenvalue weighted by Gasteiger charge is -2.16. The van der Waals surface area contributed by atoms with Gasteiger partial charge >= 0.3 is 5.97 Å². The van der Waals surface area contributed by atoms with Crippen LogP contribution in [0.3, 0.4) is 0 Å². The summed E-state index contributed by atoms with van der Waals surface area (Å²) in [7, 11) is 2.92. The van der Waals surface area contributed by atoms with E-state index in [2.05, 4.69) is 0 Å². The molecule has 0 saturated carbocycles. The highest BCUT2D eigenvalue weighted by Gasteiger charge is 2.24. The van der Waals surface area contributed by atoms with Crippen molar-refractivity contribution in [3.8, 4) is 11.5 Å². The molecule has 0 saturated heterocycles. The Hall–Kier alpha value is -1.76. The van der Waals surface area contributed by atoms with Gasteiger partial charge in [-0.25, -0.2) is 4.79 Å². The first kappa shape index (κ1) is 15.6. The highest BCUT2D eigenvalue weighted by atomic mass is 35.5. The van der Waals surface area contributed by atoms with Crippen LogP contribution in [0, 0.1) is 0 Å². The highest BCUT2D eigenvalue weighted by molar-refractivity contribution is 7.10. The molecule has 0 spiro atoms. The normalized spacial score (nSPS) is 12.0. The second-order valence-corrected chi connectivity index (χ2v) is 5.44. The number of aromatic carboxylic acids is 1. The largest absolute Gasteiger partial charge is 0.493 e. The molecule has 0 radical (unpaired) electrons. The van der Waals surface area contributed by atoms with Crippen LogP contribution in [0.1, 0.15) is 26.9 Å². The summed E-state index contributed by atoms with van der Waals surface area (Å²) in [5, 5.41) is 21.4. The second-order valence-electron chi connectivity index (χ2n) is 4.11. The fourth-order valence-corrected chi connectivity index (χ4v) is 3.19. The van der Waals surface area contributed by atoms with E-state index in [1.54, 1.807) is 17.5 Å². The molecule has 0 aliphatic carbocycles. The highest BCUT2D eigenvalue weighted by Crippen LogP contribution is 2.42. The molecule has 1 unspecified atom stereocenters. The lowest BCUT2D eigenvalue weighted by molar-refractivity contribution is 0.0692. The SMILES string of the molecule is COc1ccc(C(O)c2sccc2C(=O)O)c(Cl)c1OC. The maximum Gasteiger partial charge on any atom is 0.336 e. The van der Waals surface area contributed by atoms with E-state index in [1.165, 1.54) is 20.3 Å². The Bertz CT molecular complexity index is 667. The summed E-state index contributed by atoms with van der Waals surface area (Å²) >= 11 is 7.38. The number of carboxylic acids is 1. The quantitative estimate of drug-likeness (QED) is 0.881. The third-order valence-electron chi connectivity index (χ3n) is 2.98. The molecule has 0 aliphatic rings.